The Labute approximate surface area is 198 Å². The fraction of sp³-hybridized carbons (Fsp3) is 0.120. The van der Waals surface area contributed by atoms with Crippen molar-refractivity contribution in [2.24, 2.45) is 0 Å². The quantitative estimate of drug-likeness (QED) is 0.286. The zero-order chi connectivity index (χ0) is 23.1. The van der Waals surface area contributed by atoms with Gasteiger partial charge in [0, 0.05) is 5.02 Å². The highest BCUT2D eigenvalue weighted by molar-refractivity contribution is 7.98. The number of nitrogens with one attached hydrogen (secondary N) is 1. The zero-order valence-corrected chi connectivity index (χ0v) is 19.5. The standard InChI is InChI=1S/C25H19ClN4O2S/c1-14-7-9-17(11-15(14)2)30-24(32)19-5-3-4-6-20(19)28-25(30)33-13-22-27-21-12-16(26)8-10-18(21)23(31)29-22/h3-12H,13H2,1-2H3,(H,27,29,31). The molecule has 0 bridgehead atoms. The lowest BCUT2D eigenvalue weighted by atomic mass is 10.1. The van der Waals surface area contributed by atoms with Crippen LogP contribution in [0.5, 0.6) is 0 Å². The molecule has 2 aromatic heterocycles. The van der Waals surface area contributed by atoms with Gasteiger partial charge in [0.2, 0.25) is 0 Å². The Bertz CT molecular complexity index is 1660. The molecule has 8 heteroatoms. The van der Waals surface area contributed by atoms with E-state index < -0.39 is 0 Å². The van der Waals surface area contributed by atoms with Crippen molar-refractivity contribution in [2.45, 2.75) is 24.8 Å². The summed E-state index contributed by atoms with van der Waals surface area (Å²) in [5.41, 5.74) is 3.75. The third kappa shape index (κ3) is 4.05. The maximum atomic E-state index is 13.4. The van der Waals surface area contributed by atoms with Crippen molar-refractivity contribution in [3.8, 4) is 5.69 Å². The number of hydrogen-bond donors (Lipinski definition) is 1. The Balaban J connectivity index is 1.62. The Morgan fingerprint density at radius 2 is 1.73 bits per heavy atom. The lowest BCUT2D eigenvalue weighted by Gasteiger charge is -2.14. The molecule has 0 unspecified atom stereocenters. The van der Waals surface area contributed by atoms with Crippen LogP contribution in [0.25, 0.3) is 27.5 Å². The van der Waals surface area contributed by atoms with Gasteiger partial charge in [-0.05, 0) is 67.4 Å². The van der Waals surface area contributed by atoms with E-state index in [1.807, 2.05) is 50.2 Å². The third-order valence-corrected chi connectivity index (χ3v) is 6.73. The van der Waals surface area contributed by atoms with Gasteiger partial charge in [0.25, 0.3) is 11.1 Å². The van der Waals surface area contributed by atoms with Crippen molar-refractivity contribution in [3.63, 3.8) is 0 Å². The first-order chi connectivity index (χ1) is 15.9. The predicted molar refractivity (Wildman–Crippen MR) is 134 cm³/mol. The number of aromatic nitrogens is 4. The van der Waals surface area contributed by atoms with Crippen LogP contribution in [0.15, 0.2) is 75.4 Å². The molecule has 0 aliphatic heterocycles. The normalized spacial score (nSPS) is 11.4. The molecule has 0 amide bonds. The number of para-hydroxylation sites is 1. The van der Waals surface area contributed by atoms with Crippen molar-refractivity contribution >= 4 is 45.2 Å². The SMILES string of the molecule is Cc1ccc(-n2c(SCc3nc4cc(Cl)ccc4c(=O)[nH]3)nc3ccccc3c2=O)cc1C. The molecule has 6 nitrogen and oxygen atoms in total. The summed E-state index contributed by atoms with van der Waals surface area (Å²) in [5.74, 6) is 0.807. The molecule has 164 valence electrons. The summed E-state index contributed by atoms with van der Waals surface area (Å²) >= 11 is 7.42. The Hall–Kier alpha value is -3.42. The van der Waals surface area contributed by atoms with Crippen LogP contribution in [0.4, 0.5) is 0 Å². The number of rotatable bonds is 4. The predicted octanol–water partition coefficient (Wildman–Crippen LogP) is 5.18. The molecular formula is C25H19ClN4O2S. The van der Waals surface area contributed by atoms with Crippen molar-refractivity contribution in [1.29, 1.82) is 0 Å². The average molecular weight is 475 g/mol. The van der Waals surface area contributed by atoms with Gasteiger partial charge >= 0.3 is 0 Å². The Morgan fingerprint density at radius 1 is 0.909 bits per heavy atom. The highest BCUT2D eigenvalue weighted by atomic mass is 35.5. The van der Waals surface area contributed by atoms with Gasteiger partial charge in [-0.3, -0.25) is 14.2 Å². The summed E-state index contributed by atoms with van der Waals surface area (Å²) in [6.07, 6.45) is 0. The first kappa shape index (κ1) is 21.4. The van der Waals surface area contributed by atoms with Crippen LogP contribution in [0, 0.1) is 13.8 Å². The van der Waals surface area contributed by atoms with Crippen LogP contribution in [0.2, 0.25) is 5.02 Å². The van der Waals surface area contributed by atoms with E-state index in [9.17, 15) is 9.59 Å². The van der Waals surface area contributed by atoms with E-state index in [4.69, 9.17) is 16.6 Å². The molecule has 0 fully saturated rings. The maximum absolute atomic E-state index is 13.4. The second-order valence-electron chi connectivity index (χ2n) is 7.78. The minimum absolute atomic E-state index is 0.141. The largest absolute Gasteiger partial charge is 0.309 e. The summed E-state index contributed by atoms with van der Waals surface area (Å²) in [4.78, 5) is 38.1. The summed E-state index contributed by atoms with van der Waals surface area (Å²) in [6, 6.07) is 18.2. The van der Waals surface area contributed by atoms with Crippen LogP contribution in [0.3, 0.4) is 0 Å². The maximum Gasteiger partial charge on any atom is 0.266 e. The number of hydrogen-bond acceptors (Lipinski definition) is 5. The summed E-state index contributed by atoms with van der Waals surface area (Å²) in [5, 5.41) is 2.06. The molecule has 0 atom stereocenters. The molecule has 5 rings (SSSR count). The molecule has 0 spiro atoms. The van der Waals surface area contributed by atoms with Gasteiger partial charge in [0.1, 0.15) is 5.82 Å². The van der Waals surface area contributed by atoms with Crippen LogP contribution in [-0.4, -0.2) is 19.5 Å². The third-order valence-electron chi connectivity index (χ3n) is 5.55. The van der Waals surface area contributed by atoms with Gasteiger partial charge in [-0.15, -0.1) is 0 Å². The summed E-state index contributed by atoms with van der Waals surface area (Å²) < 4.78 is 1.62. The summed E-state index contributed by atoms with van der Waals surface area (Å²) in [7, 11) is 0. The fourth-order valence-corrected chi connectivity index (χ4v) is 4.71. The number of nitrogens with zero attached hydrogens (tertiary/aromatic N) is 3. The van der Waals surface area contributed by atoms with Crippen molar-refractivity contribution in [1.82, 2.24) is 19.5 Å². The lowest BCUT2D eigenvalue weighted by Crippen LogP contribution is -2.22. The Kier molecular flexibility index (Phi) is 5.52. The molecule has 0 saturated carbocycles. The number of H-pyrrole nitrogens is 1. The van der Waals surface area contributed by atoms with Crippen LogP contribution < -0.4 is 11.1 Å². The molecule has 1 N–H and O–H groups in total. The van der Waals surface area contributed by atoms with E-state index in [0.29, 0.717) is 43.6 Å². The van der Waals surface area contributed by atoms with E-state index >= 15 is 0 Å². The second kappa shape index (κ2) is 8.50. The smallest absolute Gasteiger partial charge is 0.266 e. The molecule has 33 heavy (non-hydrogen) atoms. The molecule has 0 aliphatic rings. The van der Waals surface area contributed by atoms with E-state index in [1.165, 1.54) is 11.8 Å². The number of halogens is 1. The number of aryl methyl sites for hydroxylation is 2. The molecule has 3 aromatic carbocycles. The van der Waals surface area contributed by atoms with Crippen molar-refractivity contribution < 1.29 is 0 Å². The lowest BCUT2D eigenvalue weighted by molar-refractivity contribution is 0.817. The first-order valence-corrected chi connectivity index (χ1v) is 11.7. The molecule has 0 saturated heterocycles. The van der Waals surface area contributed by atoms with Crippen molar-refractivity contribution in [2.75, 3.05) is 0 Å². The highest BCUT2D eigenvalue weighted by Crippen LogP contribution is 2.25. The van der Waals surface area contributed by atoms with Gasteiger partial charge in [0.15, 0.2) is 5.16 Å². The first-order valence-electron chi connectivity index (χ1n) is 10.3. The number of thioether (sulfide) groups is 1. The number of benzene rings is 3. The van der Waals surface area contributed by atoms with E-state index in [1.54, 1.807) is 28.8 Å². The Morgan fingerprint density at radius 3 is 2.55 bits per heavy atom. The van der Waals surface area contributed by atoms with Crippen LogP contribution in [-0.2, 0) is 5.75 Å². The highest BCUT2D eigenvalue weighted by Gasteiger charge is 2.15. The van der Waals surface area contributed by atoms with E-state index in [-0.39, 0.29) is 11.1 Å². The van der Waals surface area contributed by atoms with Gasteiger partial charge in [0.05, 0.1) is 33.2 Å². The van der Waals surface area contributed by atoms with Gasteiger partial charge in [-0.25, -0.2) is 9.97 Å². The minimum atomic E-state index is -0.231. The summed E-state index contributed by atoms with van der Waals surface area (Å²) in [6.45, 7) is 4.05. The topological polar surface area (TPSA) is 80.6 Å². The fourth-order valence-electron chi connectivity index (χ4n) is 3.66. The van der Waals surface area contributed by atoms with Crippen LogP contribution in [0.1, 0.15) is 17.0 Å². The van der Waals surface area contributed by atoms with Gasteiger partial charge in [-0.1, -0.05) is 41.6 Å². The number of fused-ring (bicyclic) bond motifs is 2. The van der Waals surface area contributed by atoms with E-state index in [2.05, 4.69) is 9.97 Å². The monoisotopic (exact) mass is 474 g/mol. The molecule has 0 aliphatic carbocycles. The van der Waals surface area contributed by atoms with Crippen LogP contribution >= 0.6 is 23.4 Å². The van der Waals surface area contributed by atoms with E-state index in [0.717, 1.165) is 16.8 Å². The van der Waals surface area contributed by atoms with Gasteiger partial charge < -0.3 is 4.98 Å². The zero-order valence-electron chi connectivity index (χ0n) is 17.9. The molecule has 5 aromatic rings. The number of aromatic amines is 1. The van der Waals surface area contributed by atoms with Crippen molar-refractivity contribution in [3.05, 3.63) is 103 Å². The molecule has 2 heterocycles. The molecular weight excluding hydrogens is 456 g/mol. The molecule has 0 radical (unpaired) electrons. The second-order valence-corrected chi connectivity index (χ2v) is 9.16. The van der Waals surface area contributed by atoms with Gasteiger partial charge in [-0.2, -0.15) is 0 Å². The average Bonchev–Trinajstić information content (AvgIpc) is 2.79. The minimum Gasteiger partial charge on any atom is -0.309 e.